The molecule has 3 aromatic heterocycles. The first-order chi connectivity index (χ1) is 31.6. The molecule has 0 fully saturated rings. The van der Waals surface area contributed by atoms with Crippen molar-refractivity contribution >= 4 is 43.7 Å². The van der Waals surface area contributed by atoms with Gasteiger partial charge in [0.25, 0.3) is 0 Å². The predicted molar refractivity (Wildman–Crippen MR) is 266 cm³/mol. The number of benzene rings is 8. The third-order valence-corrected chi connectivity index (χ3v) is 12.7. The van der Waals surface area contributed by atoms with Crippen LogP contribution in [-0.2, 0) is 12.8 Å². The van der Waals surface area contributed by atoms with Crippen molar-refractivity contribution in [2.24, 2.45) is 0 Å². The van der Waals surface area contributed by atoms with E-state index in [0.29, 0.717) is 17.6 Å². The molecule has 5 heteroatoms. The van der Waals surface area contributed by atoms with E-state index in [1.807, 2.05) is 18.2 Å². The molecule has 310 valence electrons. The quantitative estimate of drug-likeness (QED) is 0.123. The van der Waals surface area contributed by atoms with Crippen molar-refractivity contribution in [1.29, 1.82) is 0 Å². The number of para-hydroxylation sites is 2. The largest absolute Gasteiger partial charge is 0.455 e. The fraction of sp³-hybridized carbons (Fsp3) is 0.136. The number of fused-ring (bicyclic) bond motifs is 6. The van der Waals surface area contributed by atoms with Crippen molar-refractivity contribution < 1.29 is 4.42 Å². The molecule has 0 bridgehead atoms. The molecule has 5 nitrogen and oxygen atoms in total. The van der Waals surface area contributed by atoms with E-state index < -0.39 is 0 Å². The fourth-order valence-electron chi connectivity index (χ4n) is 9.17. The average Bonchev–Trinajstić information content (AvgIpc) is 3.91. The third-order valence-electron chi connectivity index (χ3n) is 12.7. The Morgan fingerprint density at radius 2 is 0.953 bits per heavy atom. The number of nitrogens with zero attached hydrogens (tertiary/aromatic N) is 4. The van der Waals surface area contributed by atoms with E-state index in [4.69, 9.17) is 19.4 Å². The number of aryl methyl sites for hydroxylation is 2. The standard InChI is InChI=1S/C59H48N4O/c1-3-5-13-39-21-25-41(26-22-39)42-29-31-45(32-30-42)58-60-57(44-15-8-7-9-16-44)61-59(62-58)63-53-20-11-10-17-49(53)50-35-33-47(38-54(50)63)48-18-12-19-51-52-37-46(34-36-55(52)64-56(48)51)43-27-23-40(24-28-43)14-6-4-2/h7-12,15-38H,3-6,13-14H2,1-2H3. The van der Waals surface area contributed by atoms with Crippen LogP contribution in [0, 0.1) is 0 Å². The molecule has 64 heavy (non-hydrogen) atoms. The van der Waals surface area contributed by atoms with Crippen LogP contribution in [0.25, 0.3) is 106 Å². The second-order valence-electron chi connectivity index (χ2n) is 16.9. The Morgan fingerprint density at radius 3 is 1.64 bits per heavy atom. The first-order valence-corrected chi connectivity index (χ1v) is 22.7. The lowest BCUT2D eigenvalue weighted by molar-refractivity contribution is 0.670. The van der Waals surface area contributed by atoms with Crippen LogP contribution in [0.15, 0.2) is 186 Å². The molecule has 0 saturated heterocycles. The average molecular weight is 829 g/mol. The number of hydrogen-bond acceptors (Lipinski definition) is 4. The summed E-state index contributed by atoms with van der Waals surface area (Å²) in [6, 6.07) is 65.0. The minimum Gasteiger partial charge on any atom is -0.455 e. The summed E-state index contributed by atoms with van der Waals surface area (Å²) in [6.07, 6.45) is 7.05. The second kappa shape index (κ2) is 16.9. The molecule has 11 aromatic rings. The zero-order chi connectivity index (χ0) is 43.0. The van der Waals surface area contributed by atoms with Crippen molar-refractivity contribution in [3.05, 3.63) is 193 Å². The monoisotopic (exact) mass is 828 g/mol. The zero-order valence-electron chi connectivity index (χ0n) is 36.3. The van der Waals surface area contributed by atoms with Gasteiger partial charge in [-0.05, 0) is 88.9 Å². The number of aromatic nitrogens is 4. The van der Waals surface area contributed by atoms with E-state index in [2.05, 4.69) is 182 Å². The van der Waals surface area contributed by atoms with Gasteiger partial charge in [0.1, 0.15) is 11.2 Å². The van der Waals surface area contributed by atoms with Crippen LogP contribution >= 0.6 is 0 Å². The summed E-state index contributed by atoms with van der Waals surface area (Å²) in [7, 11) is 0. The lowest BCUT2D eigenvalue weighted by Gasteiger charge is -2.12. The van der Waals surface area contributed by atoms with Crippen LogP contribution in [0.3, 0.4) is 0 Å². The van der Waals surface area contributed by atoms with Gasteiger partial charge < -0.3 is 4.42 Å². The summed E-state index contributed by atoms with van der Waals surface area (Å²) < 4.78 is 8.92. The molecule has 0 atom stereocenters. The first kappa shape index (κ1) is 39.2. The second-order valence-corrected chi connectivity index (χ2v) is 16.9. The third kappa shape index (κ3) is 7.33. The summed E-state index contributed by atoms with van der Waals surface area (Å²) in [6.45, 7) is 4.48. The molecular weight excluding hydrogens is 781 g/mol. The summed E-state index contributed by atoms with van der Waals surface area (Å²) in [5.41, 5.74) is 15.2. The number of furan rings is 1. The Balaban J connectivity index is 1.02. The lowest BCUT2D eigenvalue weighted by Crippen LogP contribution is -2.06. The molecule has 0 aliphatic heterocycles. The maximum absolute atomic E-state index is 6.72. The van der Waals surface area contributed by atoms with Gasteiger partial charge in [0.05, 0.1) is 11.0 Å². The van der Waals surface area contributed by atoms with Gasteiger partial charge in [-0.2, -0.15) is 9.97 Å². The van der Waals surface area contributed by atoms with Crippen LogP contribution in [0.4, 0.5) is 0 Å². The number of rotatable bonds is 12. The van der Waals surface area contributed by atoms with Crippen LogP contribution in [0.2, 0.25) is 0 Å². The SMILES string of the molecule is CCCCc1ccc(-c2ccc(-c3nc(-c4ccccc4)nc(-n4c5ccccc5c5ccc(-c6cccc7c6oc6ccc(-c8ccc(CCCC)cc8)cc67)cc54)n3)cc2)cc1. The van der Waals surface area contributed by atoms with Gasteiger partial charge in [-0.15, -0.1) is 0 Å². The predicted octanol–water partition coefficient (Wildman–Crippen LogP) is 15.9. The van der Waals surface area contributed by atoms with Crippen LogP contribution < -0.4 is 0 Å². The van der Waals surface area contributed by atoms with Crippen LogP contribution in [-0.4, -0.2) is 19.5 Å². The summed E-state index contributed by atoms with van der Waals surface area (Å²) in [5.74, 6) is 1.80. The molecule has 0 unspecified atom stereocenters. The molecule has 0 aliphatic rings. The van der Waals surface area contributed by atoms with Crippen molar-refractivity contribution in [3.8, 4) is 62.1 Å². The van der Waals surface area contributed by atoms with Crippen LogP contribution in [0.1, 0.15) is 50.7 Å². The van der Waals surface area contributed by atoms with E-state index in [1.54, 1.807) is 0 Å². The summed E-state index contributed by atoms with van der Waals surface area (Å²) >= 11 is 0. The van der Waals surface area contributed by atoms with Gasteiger partial charge in [0.15, 0.2) is 11.6 Å². The van der Waals surface area contributed by atoms with Gasteiger partial charge in [-0.1, -0.05) is 184 Å². The minimum absolute atomic E-state index is 0.562. The molecule has 3 heterocycles. The number of unbranched alkanes of at least 4 members (excludes halogenated alkanes) is 2. The molecule has 11 rings (SSSR count). The molecule has 0 spiro atoms. The lowest BCUT2D eigenvalue weighted by atomic mass is 9.98. The fourth-order valence-corrected chi connectivity index (χ4v) is 9.17. The van der Waals surface area contributed by atoms with E-state index in [-0.39, 0.29) is 0 Å². The van der Waals surface area contributed by atoms with Crippen molar-refractivity contribution in [3.63, 3.8) is 0 Å². The van der Waals surface area contributed by atoms with Crippen molar-refractivity contribution in [2.75, 3.05) is 0 Å². The normalized spacial score (nSPS) is 11.7. The Bertz CT molecular complexity index is 3440. The first-order valence-electron chi connectivity index (χ1n) is 22.7. The number of hydrogen-bond donors (Lipinski definition) is 0. The molecule has 8 aromatic carbocycles. The van der Waals surface area contributed by atoms with Crippen molar-refractivity contribution in [2.45, 2.75) is 52.4 Å². The highest BCUT2D eigenvalue weighted by molar-refractivity contribution is 6.13. The minimum atomic E-state index is 0.562. The van der Waals surface area contributed by atoms with Gasteiger partial charge in [-0.3, -0.25) is 4.57 Å². The Labute approximate surface area is 373 Å². The highest BCUT2D eigenvalue weighted by atomic mass is 16.3. The zero-order valence-corrected chi connectivity index (χ0v) is 36.3. The van der Waals surface area contributed by atoms with Gasteiger partial charge in [0, 0.05) is 38.2 Å². The van der Waals surface area contributed by atoms with Gasteiger partial charge in [0.2, 0.25) is 5.95 Å². The smallest absolute Gasteiger partial charge is 0.238 e. The maximum Gasteiger partial charge on any atom is 0.238 e. The Morgan fingerprint density at radius 1 is 0.406 bits per heavy atom. The molecule has 0 N–H and O–H groups in total. The topological polar surface area (TPSA) is 56.7 Å². The molecule has 0 radical (unpaired) electrons. The Kier molecular flexibility index (Phi) is 10.4. The molecule has 0 amide bonds. The van der Waals surface area contributed by atoms with E-state index in [0.717, 1.165) is 84.4 Å². The highest BCUT2D eigenvalue weighted by Crippen LogP contribution is 2.40. The van der Waals surface area contributed by atoms with E-state index in [9.17, 15) is 0 Å². The van der Waals surface area contributed by atoms with E-state index in [1.165, 1.54) is 53.5 Å². The molecule has 0 aliphatic carbocycles. The highest BCUT2D eigenvalue weighted by Gasteiger charge is 2.20. The van der Waals surface area contributed by atoms with Crippen LogP contribution in [0.5, 0.6) is 0 Å². The van der Waals surface area contributed by atoms with E-state index >= 15 is 0 Å². The van der Waals surface area contributed by atoms with Crippen molar-refractivity contribution in [1.82, 2.24) is 19.5 Å². The maximum atomic E-state index is 6.72. The Hall–Kier alpha value is -7.63. The molecule has 0 saturated carbocycles. The summed E-state index contributed by atoms with van der Waals surface area (Å²) in [4.78, 5) is 15.6. The molecular formula is C59H48N4O. The summed E-state index contributed by atoms with van der Waals surface area (Å²) in [5, 5.41) is 4.46. The van der Waals surface area contributed by atoms with Gasteiger partial charge in [-0.25, -0.2) is 4.98 Å². The van der Waals surface area contributed by atoms with Gasteiger partial charge >= 0.3 is 0 Å².